The number of carbonyl (C=O) groups excluding carboxylic acids is 2. The van der Waals surface area contributed by atoms with Gasteiger partial charge in [-0.1, -0.05) is 51.1 Å². The molecule has 3 aromatic rings. The Balaban J connectivity index is 1.86. The number of pyridine rings is 2. The average Bonchev–Trinajstić information content (AvgIpc) is 2.99. The molecule has 2 amide bonds. The molecule has 0 spiro atoms. The highest BCUT2D eigenvalue weighted by Crippen LogP contribution is 2.22. The Morgan fingerprint density at radius 2 is 1.36 bits per heavy atom. The molecule has 0 fully saturated rings. The number of nitrogens with zero attached hydrogens (tertiary/aromatic N) is 3. The molecule has 3 rings (SSSR count). The molecular weight excluding hydrogens is 524 g/mol. The maximum atomic E-state index is 14.2. The van der Waals surface area contributed by atoms with E-state index in [2.05, 4.69) is 29.1 Å². The summed E-state index contributed by atoms with van der Waals surface area (Å²) < 4.78 is 5.97. The molecule has 0 radical (unpaired) electrons. The van der Waals surface area contributed by atoms with Crippen LogP contribution in [0.2, 0.25) is 0 Å². The highest BCUT2D eigenvalue weighted by Gasteiger charge is 2.34. The van der Waals surface area contributed by atoms with Gasteiger partial charge in [0.1, 0.15) is 11.6 Å². The van der Waals surface area contributed by atoms with Crippen molar-refractivity contribution < 1.29 is 14.3 Å². The second-order valence-corrected chi connectivity index (χ2v) is 12.1. The van der Waals surface area contributed by atoms with Gasteiger partial charge >= 0.3 is 6.09 Å². The summed E-state index contributed by atoms with van der Waals surface area (Å²) >= 11 is 0. The lowest BCUT2D eigenvalue weighted by molar-refractivity contribution is -0.128. The summed E-state index contributed by atoms with van der Waals surface area (Å²) in [5.74, 6) is 0.253. The molecule has 0 saturated heterocycles. The first-order valence-electron chi connectivity index (χ1n) is 15.3. The van der Waals surface area contributed by atoms with Crippen molar-refractivity contribution in [1.82, 2.24) is 20.2 Å². The average molecular weight is 573 g/mol. The Morgan fingerprint density at radius 1 is 0.810 bits per heavy atom. The van der Waals surface area contributed by atoms with E-state index in [9.17, 15) is 9.59 Å². The fourth-order valence-corrected chi connectivity index (χ4v) is 4.74. The Labute approximate surface area is 252 Å². The van der Waals surface area contributed by atoms with Gasteiger partial charge in [-0.3, -0.25) is 19.7 Å². The lowest BCUT2D eigenvalue weighted by Gasteiger charge is -2.35. The first-order valence-corrected chi connectivity index (χ1v) is 15.3. The highest BCUT2D eigenvalue weighted by molar-refractivity contribution is 5.86. The molecule has 2 heterocycles. The summed E-state index contributed by atoms with van der Waals surface area (Å²) in [6.45, 7) is 10.4. The second kappa shape index (κ2) is 16.6. The zero-order valence-electron chi connectivity index (χ0n) is 26.0. The first-order chi connectivity index (χ1) is 20.2. The van der Waals surface area contributed by atoms with Gasteiger partial charge in [-0.15, -0.1) is 0 Å². The van der Waals surface area contributed by atoms with Crippen LogP contribution in [0.15, 0.2) is 79.4 Å². The SMILES string of the molecule is CCC(C)(C)OC(=O)N(Cc1ccccc1)[C@@H](CCC(C)C)C(=O)NC(CCc1ccncc1)CCc1ccncc1. The van der Waals surface area contributed by atoms with Crippen LogP contribution in [-0.2, 0) is 28.9 Å². The van der Waals surface area contributed by atoms with E-state index < -0.39 is 17.7 Å². The molecule has 7 nitrogen and oxygen atoms in total. The van der Waals surface area contributed by atoms with Crippen LogP contribution in [0, 0.1) is 5.92 Å². The van der Waals surface area contributed by atoms with Crippen LogP contribution in [-0.4, -0.2) is 44.6 Å². The van der Waals surface area contributed by atoms with E-state index in [1.54, 1.807) is 29.7 Å². The van der Waals surface area contributed by atoms with Gasteiger partial charge in [0.2, 0.25) is 5.91 Å². The number of rotatable bonds is 16. The fourth-order valence-electron chi connectivity index (χ4n) is 4.74. The molecule has 0 aliphatic carbocycles. The van der Waals surface area contributed by atoms with Crippen LogP contribution >= 0.6 is 0 Å². The third kappa shape index (κ3) is 11.3. The topological polar surface area (TPSA) is 84.4 Å². The van der Waals surface area contributed by atoms with Gasteiger partial charge in [-0.25, -0.2) is 4.79 Å². The Kier molecular flexibility index (Phi) is 13.0. The van der Waals surface area contributed by atoms with Gasteiger partial charge in [0.15, 0.2) is 0 Å². The van der Waals surface area contributed by atoms with Crippen LogP contribution in [0.5, 0.6) is 0 Å². The van der Waals surface area contributed by atoms with Crippen molar-refractivity contribution in [3.05, 3.63) is 96.1 Å². The Hall–Kier alpha value is -3.74. The zero-order chi connectivity index (χ0) is 30.4. The molecule has 0 aliphatic heterocycles. The number of aryl methyl sites for hydroxylation is 2. The number of benzene rings is 1. The molecule has 7 heteroatoms. The zero-order valence-corrected chi connectivity index (χ0v) is 26.0. The van der Waals surface area contributed by atoms with E-state index in [4.69, 9.17) is 4.74 Å². The Bertz CT molecular complexity index is 1160. The number of hydrogen-bond acceptors (Lipinski definition) is 5. The number of hydrogen-bond donors (Lipinski definition) is 1. The summed E-state index contributed by atoms with van der Waals surface area (Å²) in [5.41, 5.74) is 2.68. The van der Waals surface area contributed by atoms with Gasteiger partial charge in [0.05, 0.1) is 0 Å². The van der Waals surface area contributed by atoms with E-state index in [-0.39, 0.29) is 11.9 Å². The largest absolute Gasteiger partial charge is 0.443 e. The van der Waals surface area contributed by atoms with Gasteiger partial charge in [0, 0.05) is 37.4 Å². The lowest BCUT2D eigenvalue weighted by Crippen LogP contribution is -2.53. The number of carbonyl (C=O) groups is 2. The van der Waals surface area contributed by atoms with Crippen LogP contribution in [0.25, 0.3) is 0 Å². The first kappa shape index (κ1) is 32.8. The van der Waals surface area contributed by atoms with Crippen LogP contribution in [0.1, 0.15) is 83.4 Å². The predicted molar refractivity (Wildman–Crippen MR) is 168 cm³/mol. The number of nitrogens with one attached hydrogen (secondary N) is 1. The third-order valence-corrected chi connectivity index (χ3v) is 7.75. The molecule has 0 bridgehead atoms. The van der Waals surface area contributed by atoms with Crippen molar-refractivity contribution in [2.75, 3.05) is 0 Å². The molecule has 1 aromatic carbocycles. The number of amides is 2. The van der Waals surface area contributed by atoms with Crippen LogP contribution < -0.4 is 5.32 Å². The minimum absolute atomic E-state index is 0.0675. The van der Waals surface area contributed by atoms with Crippen molar-refractivity contribution in [2.24, 2.45) is 5.92 Å². The number of ether oxygens (including phenoxy) is 1. The minimum atomic E-state index is -0.655. The van der Waals surface area contributed by atoms with Crippen molar-refractivity contribution in [3.63, 3.8) is 0 Å². The minimum Gasteiger partial charge on any atom is -0.443 e. The quantitative estimate of drug-likeness (QED) is 0.197. The van der Waals surface area contributed by atoms with Crippen molar-refractivity contribution in [2.45, 2.75) is 104 Å². The van der Waals surface area contributed by atoms with E-state index in [0.29, 0.717) is 25.3 Å². The predicted octanol–water partition coefficient (Wildman–Crippen LogP) is 7.16. The lowest BCUT2D eigenvalue weighted by atomic mass is 9.97. The number of aromatic nitrogens is 2. The van der Waals surface area contributed by atoms with E-state index >= 15 is 0 Å². The Morgan fingerprint density at radius 3 is 1.86 bits per heavy atom. The fraction of sp³-hybridized carbons (Fsp3) is 0.486. The van der Waals surface area contributed by atoms with Crippen LogP contribution in [0.3, 0.4) is 0 Å². The smallest absolute Gasteiger partial charge is 0.411 e. The monoisotopic (exact) mass is 572 g/mol. The summed E-state index contributed by atoms with van der Waals surface area (Å²) in [4.78, 5) is 37.8. The summed E-state index contributed by atoms with van der Waals surface area (Å²) in [6, 6.07) is 17.1. The standard InChI is InChI=1S/C35H48N4O3/c1-6-35(4,5)42-34(41)39(26-30-10-8-7-9-11-30)32(17-12-27(2)3)33(40)38-31(15-13-28-18-22-36-23-19-28)16-14-29-20-24-37-25-21-29/h7-11,18-25,27,31-32H,6,12-17,26H2,1-5H3,(H,38,40)/t32-/m0/s1. The summed E-state index contributed by atoms with van der Waals surface area (Å²) in [6.07, 6.45) is 12.0. The summed E-state index contributed by atoms with van der Waals surface area (Å²) in [5, 5.41) is 3.36. The highest BCUT2D eigenvalue weighted by atomic mass is 16.6. The normalized spacial score (nSPS) is 12.3. The molecule has 2 aromatic heterocycles. The van der Waals surface area contributed by atoms with Gasteiger partial charge in [-0.2, -0.15) is 0 Å². The van der Waals surface area contributed by atoms with E-state index in [1.165, 1.54) is 11.1 Å². The maximum absolute atomic E-state index is 14.2. The molecule has 0 saturated carbocycles. The van der Waals surface area contributed by atoms with Crippen molar-refractivity contribution >= 4 is 12.0 Å². The van der Waals surface area contributed by atoms with E-state index in [0.717, 1.165) is 37.7 Å². The molecule has 42 heavy (non-hydrogen) atoms. The van der Waals surface area contributed by atoms with Gasteiger partial charge in [0.25, 0.3) is 0 Å². The maximum Gasteiger partial charge on any atom is 0.411 e. The summed E-state index contributed by atoms with van der Waals surface area (Å²) in [7, 11) is 0. The molecule has 226 valence electrons. The molecule has 1 N–H and O–H groups in total. The van der Waals surface area contributed by atoms with Crippen LogP contribution in [0.4, 0.5) is 4.79 Å². The van der Waals surface area contributed by atoms with Crippen molar-refractivity contribution in [1.29, 1.82) is 0 Å². The van der Waals surface area contributed by atoms with E-state index in [1.807, 2.05) is 75.4 Å². The third-order valence-electron chi connectivity index (χ3n) is 7.75. The second-order valence-electron chi connectivity index (χ2n) is 12.1. The van der Waals surface area contributed by atoms with Gasteiger partial charge in [-0.05, 0) is 106 Å². The molecule has 1 atom stereocenters. The van der Waals surface area contributed by atoms with Gasteiger partial charge < -0.3 is 10.1 Å². The molecular formula is C35H48N4O3. The van der Waals surface area contributed by atoms with Crippen molar-refractivity contribution in [3.8, 4) is 0 Å². The molecule has 0 unspecified atom stereocenters. The molecule has 0 aliphatic rings.